The second-order valence-corrected chi connectivity index (χ2v) is 23.9. The summed E-state index contributed by atoms with van der Waals surface area (Å²) in [5.74, 6) is -2.19. The first-order chi connectivity index (χ1) is 27.0. The van der Waals surface area contributed by atoms with Crippen molar-refractivity contribution in [1.82, 2.24) is 4.90 Å². The van der Waals surface area contributed by atoms with Crippen LogP contribution < -0.4 is 9.64 Å². The Balaban J connectivity index is 2.18. The van der Waals surface area contributed by atoms with Gasteiger partial charge in [-0.05, 0) is 105 Å². The maximum atomic E-state index is 14.2. The quantitative estimate of drug-likeness (QED) is 0.0906. The lowest BCUT2D eigenvalue weighted by Gasteiger charge is -2.37. The Kier molecular flexibility index (Phi) is 16.6. The Hall–Kier alpha value is -3.76. The fourth-order valence-corrected chi connectivity index (χ4v) is 6.92. The first kappa shape index (κ1) is 49.6. The molecule has 1 aromatic rings. The molecule has 0 N–H and O–H groups in total. The molecule has 0 bridgehead atoms. The standard InChI is InChI=1S/C44H70N2O12Si/c1-29-20-21-33(47)37-34(55-44(12,13)56-37)19-17-18-31-26-32(27-35(52-28-51-14)36(31)38(48)54-30(29)2)46(40(50)58-42(6,7)8)23-22-45(39(49)57-41(3,4)5)24-25-53-59(15,16)43(9,10)11/h17-18,20-21,26-27,29-30,34,37H,19,22-25,28H2,1-16H3/b18-17+,21-20-/t29-,30+,34+,37-/m1/s1. The molecule has 14 nitrogen and oxygen atoms in total. The highest BCUT2D eigenvalue weighted by Crippen LogP contribution is 2.37. The van der Waals surface area contributed by atoms with Crippen LogP contribution in [-0.2, 0) is 37.6 Å². The smallest absolute Gasteiger partial charge is 0.414 e. The number of ketones is 1. The number of carbonyl (C=O) groups is 4. The molecule has 0 aromatic heterocycles. The van der Waals surface area contributed by atoms with E-state index in [0.29, 0.717) is 11.3 Å². The lowest BCUT2D eigenvalue weighted by atomic mass is 9.99. The van der Waals surface area contributed by atoms with Crippen LogP contribution in [0.3, 0.4) is 0 Å². The Morgan fingerprint density at radius 3 is 2.10 bits per heavy atom. The number of amides is 2. The van der Waals surface area contributed by atoms with Gasteiger partial charge in [-0.1, -0.05) is 45.9 Å². The zero-order chi connectivity index (χ0) is 44.7. The molecular formula is C44H70N2O12Si. The van der Waals surface area contributed by atoms with Gasteiger partial charge in [-0.25, -0.2) is 14.4 Å². The highest BCUT2D eigenvalue weighted by molar-refractivity contribution is 6.74. The van der Waals surface area contributed by atoms with Crippen LogP contribution in [-0.4, -0.2) is 113 Å². The van der Waals surface area contributed by atoms with E-state index in [1.165, 1.54) is 23.0 Å². The molecule has 332 valence electrons. The summed E-state index contributed by atoms with van der Waals surface area (Å²) < 4.78 is 47.6. The molecule has 0 radical (unpaired) electrons. The summed E-state index contributed by atoms with van der Waals surface area (Å²) in [6.07, 6.45) is 3.51. The highest BCUT2D eigenvalue weighted by atomic mass is 28.4. The molecule has 1 fully saturated rings. The van der Waals surface area contributed by atoms with Crippen LogP contribution in [0.5, 0.6) is 5.75 Å². The van der Waals surface area contributed by atoms with Gasteiger partial charge in [0.05, 0.1) is 18.4 Å². The molecule has 2 aliphatic rings. The number of cyclic esters (lactones) is 1. The maximum Gasteiger partial charge on any atom is 0.414 e. The molecule has 1 saturated heterocycles. The minimum absolute atomic E-state index is 0.0298. The third-order valence-electron chi connectivity index (χ3n) is 10.2. The Labute approximate surface area is 352 Å². The SMILES string of the molecule is COCOc1cc(N(CCN(CCO[Si](C)(C)C(C)(C)C)C(=O)OC(C)(C)C)C(=O)OC(C)(C)C)cc2c1C(=O)O[C@@H](C)[C@H](C)/C=C\C(=O)[C@H]1OC(C)(C)O[C@H]1C/C=C/2. The van der Waals surface area contributed by atoms with Gasteiger partial charge in [0.2, 0.25) is 0 Å². The van der Waals surface area contributed by atoms with Crippen molar-refractivity contribution in [3.05, 3.63) is 41.5 Å². The van der Waals surface area contributed by atoms with Crippen LogP contribution in [0.2, 0.25) is 18.1 Å². The first-order valence-corrected chi connectivity index (χ1v) is 23.3. The van der Waals surface area contributed by atoms with Crippen LogP contribution in [0.25, 0.3) is 6.08 Å². The van der Waals surface area contributed by atoms with E-state index in [4.69, 9.17) is 37.6 Å². The summed E-state index contributed by atoms with van der Waals surface area (Å²) in [5, 5.41) is -0.0406. The largest absolute Gasteiger partial charge is 0.467 e. The highest BCUT2D eigenvalue weighted by Gasteiger charge is 2.44. The monoisotopic (exact) mass is 846 g/mol. The van der Waals surface area contributed by atoms with Crippen LogP contribution in [0.15, 0.2) is 30.4 Å². The minimum atomic E-state index is -2.15. The third kappa shape index (κ3) is 14.7. The average molecular weight is 847 g/mol. The molecular weight excluding hydrogens is 777 g/mol. The van der Waals surface area contributed by atoms with Gasteiger partial charge in [-0.15, -0.1) is 0 Å². The van der Waals surface area contributed by atoms with E-state index in [0.717, 1.165) is 0 Å². The van der Waals surface area contributed by atoms with Crippen LogP contribution in [0, 0.1) is 5.92 Å². The Bertz CT molecular complexity index is 1700. The van der Waals surface area contributed by atoms with Crippen molar-refractivity contribution in [3.8, 4) is 5.75 Å². The van der Waals surface area contributed by atoms with Crippen LogP contribution in [0.1, 0.15) is 112 Å². The van der Waals surface area contributed by atoms with E-state index in [9.17, 15) is 19.2 Å². The number of fused-ring (bicyclic) bond motifs is 2. The molecule has 2 aliphatic heterocycles. The molecule has 59 heavy (non-hydrogen) atoms. The van der Waals surface area contributed by atoms with Gasteiger partial charge in [0.25, 0.3) is 0 Å². The predicted molar refractivity (Wildman–Crippen MR) is 229 cm³/mol. The number of methoxy groups -OCH3 is 1. The number of carbonyl (C=O) groups excluding carboxylic acids is 4. The van der Waals surface area contributed by atoms with Gasteiger partial charge in [0.1, 0.15) is 34.7 Å². The molecule has 4 atom stereocenters. The summed E-state index contributed by atoms with van der Waals surface area (Å²) in [6, 6.07) is 3.21. The lowest BCUT2D eigenvalue weighted by molar-refractivity contribution is -0.152. The lowest BCUT2D eigenvalue weighted by Crippen LogP contribution is -2.47. The molecule has 2 heterocycles. The Morgan fingerprint density at radius 1 is 0.881 bits per heavy atom. The number of benzene rings is 1. The second kappa shape index (κ2) is 19.7. The molecule has 0 spiro atoms. The van der Waals surface area contributed by atoms with Gasteiger partial charge in [0.15, 0.2) is 26.7 Å². The van der Waals surface area contributed by atoms with Crippen molar-refractivity contribution in [1.29, 1.82) is 0 Å². The molecule has 0 unspecified atom stereocenters. The van der Waals surface area contributed by atoms with Gasteiger partial charge in [-0.2, -0.15) is 0 Å². The third-order valence-corrected chi connectivity index (χ3v) is 14.7. The van der Waals surface area contributed by atoms with E-state index >= 15 is 0 Å². The Morgan fingerprint density at radius 2 is 1.51 bits per heavy atom. The van der Waals surface area contributed by atoms with E-state index in [-0.39, 0.29) is 67.5 Å². The molecule has 2 amide bonds. The van der Waals surface area contributed by atoms with Gasteiger partial charge in [-0.3, -0.25) is 9.69 Å². The van der Waals surface area contributed by atoms with Gasteiger partial charge >= 0.3 is 18.2 Å². The summed E-state index contributed by atoms with van der Waals surface area (Å²) in [7, 11) is -0.699. The number of anilines is 1. The molecule has 0 aliphatic carbocycles. The van der Waals surface area contributed by atoms with E-state index < -0.39 is 61.8 Å². The van der Waals surface area contributed by atoms with E-state index in [2.05, 4.69) is 33.9 Å². The summed E-state index contributed by atoms with van der Waals surface area (Å²) in [6.45, 7) is 28.7. The van der Waals surface area contributed by atoms with Crippen LogP contribution in [0.4, 0.5) is 15.3 Å². The predicted octanol–water partition coefficient (Wildman–Crippen LogP) is 8.91. The van der Waals surface area contributed by atoms with Crippen molar-refractivity contribution >= 4 is 44.0 Å². The fourth-order valence-electron chi connectivity index (χ4n) is 5.89. The zero-order valence-electron chi connectivity index (χ0n) is 38.3. The molecule has 0 saturated carbocycles. The topological polar surface area (TPSA) is 149 Å². The summed E-state index contributed by atoms with van der Waals surface area (Å²) in [4.78, 5) is 58.2. The number of hydrogen-bond donors (Lipinski definition) is 0. The van der Waals surface area contributed by atoms with Gasteiger partial charge < -0.3 is 42.5 Å². The molecule has 1 aromatic carbocycles. The van der Waals surface area contributed by atoms with Crippen molar-refractivity contribution < 1.29 is 56.8 Å². The molecule has 15 heteroatoms. The number of rotatable bonds is 11. The van der Waals surface area contributed by atoms with Crippen molar-refractivity contribution in [2.45, 2.75) is 150 Å². The summed E-state index contributed by atoms with van der Waals surface area (Å²) >= 11 is 0. The summed E-state index contributed by atoms with van der Waals surface area (Å²) in [5.41, 5.74) is -0.893. The minimum Gasteiger partial charge on any atom is -0.467 e. The van der Waals surface area contributed by atoms with Gasteiger partial charge in [0, 0.05) is 38.7 Å². The van der Waals surface area contributed by atoms with Crippen molar-refractivity contribution in [3.63, 3.8) is 0 Å². The van der Waals surface area contributed by atoms with Crippen molar-refractivity contribution in [2.24, 2.45) is 5.92 Å². The van der Waals surface area contributed by atoms with E-state index in [1.807, 2.05) is 6.92 Å². The van der Waals surface area contributed by atoms with E-state index in [1.54, 1.807) is 92.7 Å². The normalized spacial score (nSPS) is 22.6. The number of hydrogen-bond acceptors (Lipinski definition) is 12. The fraction of sp³-hybridized carbons (Fsp3) is 0.682. The average Bonchev–Trinajstić information content (AvgIpc) is 3.39. The second-order valence-electron chi connectivity index (χ2n) is 19.1. The zero-order valence-corrected chi connectivity index (χ0v) is 39.3. The van der Waals surface area contributed by atoms with Crippen molar-refractivity contribution in [2.75, 3.05) is 45.0 Å². The first-order valence-electron chi connectivity index (χ1n) is 20.4. The molecule has 3 rings (SSSR count). The number of ether oxygens (including phenoxy) is 7. The van der Waals surface area contributed by atoms with Crippen LogP contribution >= 0.6 is 0 Å². The number of nitrogens with zero attached hydrogens (tertiary/aromatic N) is 2. The number of esters is 1. The maximum absolute atomic E-state index is 14.2.